The van der Waals surface area contributed by atoms with E-state index in [0.717, 1.165) is 19.5 Å². The Bertz CT molecular complexity index is 453. The van der Waals surface area contributed by atoms with Crippen LogP contribution in [0.25, 0.3) is 0 Å². The molecule has 1 saturated heterocycles. The molecular formula is C15H21ClN2O2. The summed E-state index contributed by atoms with van der Waals surface area (Å²) < 4.78 is 5.57. The molecule has 5 heteroatoms. The van der Waals surface area contributed by atoms with Crippen LogP contribution in [0.1, 0.15) is 19.3 Å². The number of hydrogen-bond acceptors (Lipinski definition) is 3. The van der Waals surface area contributed by atoms with Crippen LogP contribution in [0.2, 0.25) is 5.02 Å². The lowest BCUT2D eigenvalue weighted by Gasteiger charge is -2.16. The van der Waals surface area contributed by atoms with Crippen LogP contribution in [0.4, 0.5) is 0 Å². The highest BCUT2D eigenvalue weighted by Gasteiger charge is 2.24. The molecule has 4 nitrogen and oxygen atoms in total. The molecule has 1 amide bonds. The molecule has 0 spiro atoms. The van der Waals surface area contributed by atoms with Gasteiger partial charge in [0.25, 0.3) is 0 Å². The van der Waals surface area contributed by atoms with Gasteiger partial charge in [0, 0.05) is 19.5 Å². The zero-order valence-corrected chi connectivity index (χ0v) is 12.3. The summed E-state index contributed by atoms with van der Waals surface area (Å²) in [6.45, 7) is 2.82. The third kappa shape index (κ3) is 4.12. The first-order chi connectivity index (χ1) is 9.70. The van der Waals surface area contributed by atoms with Crippen molar-refractivity contribution in [1.82, 2.24) is 4.90 Å². The molecule has 1 heterocycles. The highest BCUT2D eigenvalue weighted by Crippen LogP contribution is 2.23. The summed E-state index contributed by atoms with van der Waals surface area (Å²) in [5.74, 6) is 1.34. The normalized spacial score (nSPS) is 18.3. The van der Waals surface area contributed by atoms with Gasteiger partial charge >= 0.3 is 0 Å². The molecule has 20 heavy (non-hydrogen) atoms. The highest BCUT2D eigenvalue weighted by molar-refractivity contribution is 6.32. The van der Waals surface area contributed by atoms with Crippen LogP contribution in [0, 0.1) is 5.92 Å². The Hall–Kier alpha value is -1.26. The van der Waals surface area contributed by atoms with Crippen molar-refractivity contribution in [2.45, 2.75) is 19.3 Å². The van der Waals surface area contributed by atoms with Crippen LogP contribution in [-0.2, 0) is 4.79 Å². The van der Waals surface area contributed by atoms with Gasteiger partial charge in [0.15, 0.2) is 0 Å². The van der Waals surface area contributed by atoms with E-state index >= 15 is 0 Å². The van der Waals surface area contributed by atoms with Crippen molar-refractivity contribution >= 4 is 17.5 Å². The van der Waals surface area contributed by atoms with E-state index in [1.54, 1.807) is 6.07 Å². The Morgan fingerprint density at radius 3 is 2.95 bits per heavy atom. The summed E-state index contributed by atoms with van der Waals surface area (Å²) >= 11 is 5.99. The summed E-state index contributed by atoms with van der Waals surface area (Å²) in [5, 5.41) is 0.601. The number of hydrogen-bond donors (Lipinski definition) is 1. The van der Waals surface area contributed by atoms with E-state index in [1.807, 2.05) is 23.1 Å². The zero-order chi connectivity index (χ0) is 14.4. The molecule has 0 aromatic heterocycles. The van der Waals surface area contributed by atoms with Gasteiger partial charge in [-0.25, -0.2) is 0 Å². The van der Waals surface area contributed by atoms with Gasteiger partial charge in [-0.05, 0) is 37.4 Å². The van der Waals surface area contributed by atoms with Gasteiger partial charge in [-0.2, -0.15) is 0 Å². The lowest BCUT2D eigenvalue weighted by molar-refractivity contribution is -0.130. The average Bonchev–Trinajstić information content (AvgIpc) is 2.94. The van der Waals surface area contributed by atoms with Crippen LogP contribution >= 0.6 is 11.6 Å². The van der Waals surface area contributed by atoms with Gasteiger partial charge in [0.2, 0.25) is 5.91 Å². The second-order valence-electron chi connectivity index (χ2n) is 5.11. The number of rotatable bonds is 6. The summed E-state index contributed by atoms with van der Waals surface area (Å²) in [6, 6.07) is 7.36. The van der Waals surface area contributed by atoms with Gasteiger partial charge in [0.1, 0.15) is 5.75 Å². The van der Waals surface area contributed by atoms with Crippen molar-refractivity contribution in [3.63, 3.8) is 0 Å². The van der Waals surface area contributed by atoms with Crippen molar-refractivity contribution in [3.05, 3.63) is 29.3 Å². The lowest BCUT2D eigenvalue weighted by Crippen LogP contribution is -2.29. The summed E-state index contributed by atoms with van der Waals surface area (Å²) in [6.07, 6.45) is 2.24. The molecule has 1 atom stereocenters. The number of likely N-dealkylation sites (tertiary alicyclic amines) is 1. The smallest absolute Gasteiger partial charge is 0.222 e. The number of benzene rings is 1. The molecule has 1 aliphatic rings. The minimum absolute atomic E-state index is 0.198. The first-order valence-corrected chi connectivity index (χ1v) is 7.43. The number of ether oxygens (including phenoxy) is 1. The Kier molecular flexibility index (Phi) is 5.68. The fourth-order valence-electron chi connectivity index (χ4n) is 2.38. The fraction of sp³-hybridized carbons (Fsp3) is 0.533. The van der Waals surface area contributed by atoms with E-state index in [-0.39, 0.29) is 5.91 Å². The standard InChI is InChI=1S/C15H21ClN2O2/c16-13-4-1-2-5-14(13)20-9-3-6-15(19)18-8-7-12(10-17)11-18/h1-2,4-5,12H,3,6-11,17H2/t12-/m0/s1. The van der Waals surface area contributed by atoms with Crippen LogP contribution in [0.3, 0.4) is 0 Å². The monoisotopic (exact) mass is 296 g/mol. The van der Waals surface area contributed by atoms with Gasteiger partial charge < -0.3 is 15.4 Å². The van der Waals surface area contributed by atoms with E-state index in [9.17, 15) is 4.79 Å². The largest absolute Gasteiger partial charge is 0.492 e. The predicted octanol–water partition coefficient (Wildman–Crippen LogP) is 2.31. The van der Waals surface area contributed by atoms with Gasteiger partial charge in [0.05, 0.1) is 11.6 Å². The second-order valence-corrected chi connectivity index (χ2v) is 5.52. The number of halogens is 1. The number of amides is 1. The molecule has 1 aromatic carbocycles. The van der Waals surface area contributed by atoms with Crippen molar-refractivity contribution in [2.75, 3.05) is 26.2 Å². The van der Waals surface area contributed by atoms with Crippen LogP contribution in [0.15, 0.2) is 24.3 Å². The topological polar surface area (TPSA) is 55.6 Å². The average molecular weight is 297 g/mol. The number of para-hydroxylation sites is 1. The number of nitrogens with zero attached hydrogens (tertiary/aromatic N) is 1. The van der Waals surface area contributed by atoms with E-state index in [2.05, 4.69) is 0 Å². The van der Waals surface area contributed by atoms with E-state index < -0.39 is 0 Å². The Morgan fingerprint density at radius 2 is 2.25 bits per heavy atom. The first-order valence-electron chi connectivity index (χ1n) is 7.06. The lowest BCUT2D eigenvalue weighted by atomic mass is 10.1. The number of nitrogens with two attached hydrogens (primary N) is 1. The van der Waals surface area contributed by atoms with Crippen molar-refractivity contribution < 1.29 is 9.53 Å². The molecule has 2 rings (SSSR count). The Morgan fingerprint density at radius 1 is 1.45 bits per heavy atom. The minimum Gasteiger partial charge on any atom is -0.492 e. The summed E-state index contributed by atoms with van der Waals surface area (Å²) in [7, 11) is 0. The van der Waals surface area contributed by atoms with Gasteiger partial charge in [-0.3, -0.25) is 4.79 Å². The van der Waals surface area contributed by atoms with Gasteiger partial charge in [-0.1, -0.05) is 23.7 Å². The minimum atomic E-state index is 0.198. The molecule has 110 valence electrons. The molecule has 1 aromatic rings. The highest BCUT2D eigenvalue weighted by atomic mass is 35.5. The second kappa shape index (κ2) is 7.50. The van der Waals surface area contributed by atoms with E-state index in [4.69, 9.17) is 22.1 Å². The van der Waals surface area contributed by atoms with E-state index in [1.165, 1.54) is 0 Å². The molecule has 1 fully saturated rings. The van der Waals surface area contributed by atoms with Gasteiger partial charge in [-0.15, -0.1) is 0 Å². The maximum absolute atomic E-state index is 12.0. The molecule has 0 aliphatic carbocycles. The Labute approximate surface area is 124 Å². The number of carbonyl (C=O) groups is 1. The third-order valence-electron chi connectivity index (χ3n) is 3.60. The first kappa shape index (κ1) is 15.1. The molecule has 2 N–H and O–H groups in total. The molecule has 1 aliphatic heterocycles. The quantitative estimate of drug-likeness (QED) is 0.820. The van der Waals surface area contributed by atoms with Crippen LogP contribution in [-0.4, -0.2) is 37.0 Å². The maximum Gasteiger partial charge on any atom is 0.222 e. The van der Waals surface area contributed by atoms with Crippen molar-refractivity contribution in [1.29, 1.82) is 0 Å². The third-order valence-corrected chi connectivity index (χ3v) is 3.91. The molecule has 0 saturated carbocycles. The zero-order valence-electron chi connectivity index (χ0n) is 11.6. The van der Waals surface area contributed by atoms with E-state index in [0.29, 0.717) is 42.7 Å². The summed E-state index contributed by atoms with van der Waals surface area (Å²) in [4.78, 5) is 13.9. The fourth-order valence-corrected chi connectivity index (χ4v) is 2.57. The number of carbonyl (C=O) groups excluding carboxylic acids is 1. The van der Waals surface area contributed by atoms with Crippen molar-refractivity contribution in [2.24, 2.45) is 11.7 Å². The van der Waals surface area contributed by atoms with Crippen LogP contribution < -0.4 is 10.5 Å². The predicted molar refractivity (Wildman–Crippen MR) is 79.9 cm³/mol. The molecular weight excluding hydrogens is 276 g/mol. The van der Waals surface area contributed by atoms with Crippen LogP contribution in [0.5, 0.6) is 5.75 Å². The molecule has 0 unspecified atom stereocenters. The maximum atomic E-state index is 12.0. The SMILES string of the molecule is NC[C@@H]1CCN(C(=O)CCCOc2ccccc2Cl)C1. The molecule has 0 bridgehead atoms. The Balaban J connectivity index is 1.66. The van der Waals surface area contributed by atoms with Crippen molar-refractivity contribution in [3.8, 4) is 5.75 Å². The molecule has 0 radical (unpaired) electrons. The summed E-state index contributed by atoms with van der Waals surface area (Å²) in [5.41, 5.74) is 5.63.